The lowest BCUT2D eigenvalue weighted by Gasteiger charge is -2.09. The van der Waals surface area contributed by atoms with Gasteiger partial charge in [0.15, 0.2) is 0 Å². The van der Waals surface area contributed by atoms with Gasteiger partial charge in [-0.2, -0.15) is 0 Å². The smallest absolute Gasteiger partial charge is 0.257 e. The van der Waals surface area contributed by atoms with Gasteiger partial charge in [0.05, 0.1) is 17.7 Å². The van der Waals surface area contributed by atoms with Gasteiger partial charge >= 0.3 is 0 Å². The number of amides is 2. The Labute approximate surface area is 133 Å². The molecule has 2 amide bonds. The van der Waals surface area contributed by atoms with E-state index in [4.69, 9.17) is 16.3 Å². The van der Waals surface area contributed by atoms with E-state index < -0.39 is 0 Å². The predicted molar refractivity (Wildman–Crippen MR) is 86.7 cm³/mol. The maximum atomic E-state index is 12.2. The highest BCUT2D eigenvalue weighted by atomic mass is 35.5. The molecule has 0 unspecified atom stereocenters. The summed E-state index contributed by atoms with van der Waals surface area (Å²) in [7, 11) is 1.53. The summed E-state index contributed by atoms with van der Waals surface area (Å²) in [6.45, 7) is 1.42. The monoisotopic (exact) mass is 318 g/mol. The van der Waals surface area contributed by atoms with Gasteiger partial charge in [0.2, 0.25) is 5.91 Å². The molecule has 0 aromatic heterocycles. The van der Waals surface area contributed by atoms with Gasteiger partial charge in [-0.1, -0.05) is 17.7 Å². The normalized spacial score (nSPS) is 9.95. The number of ether oxygens (including phenoxy) is 1. The molecule has 5 nitrogen and oxygen atoms in total. The number of methoxy groups -OCH3 is 1. The first-order chi connectivity index (χ1) is 10.5. The second kappa shape index (κ2) is 6.95. The first-order valence-corrected chi connectivity index (χ1v) is 6.90. The Kier molecular flexibility index (Phi) is 5.01. The van der Waals surface area contributed by atoms with Crippen molar-refractivity contribution in [2.45, 2.75) is 6.92 Å². The maximum Gasteiger partial charge on any atom is 0.257 e. The summed E-state index contributed by atoms with van der Waals surface area (Å²) in [6.07, 6.45) is 0. The van der Waals surface area contributed by atoms with Crippen LogP contribution in [0.15, 0.2) is 42.5 Å². The molecule has 2 aromatic rings. The number of nitrogens with one attached hydrogen (secondary N) is 2. The number of benzene rings is 2. The quantitative estimate of drug-likeness (QED) is 0.905. The van der Waals surface area contributed by atoms with Crippen molar-refractivity contribution in [3.8, 4) is 5.75 Å². The molecule has 6 heteroatoms. The van der Waals surface area contributed by atoms with Gasteiger partial charge in [-0.15, -0.1) is 0 Å². The number of rotatable bonds is 4. The van der Waals surface area contributed by atoms with E-state index in [0.29, 0.717) is 27.7 Å². The van der Waals surface area contributed by atoms with E-state index in [-0.39, 0.29) is 11.8 Å². The molecular formula is C16H15ClN2O3. The van der Waals surface area contributed by atoms with E-state index in [0.717, 1.165) is 0 Å². The van der Waals surface area contributed by atoms with Gasteiger partial charge in [0, 0.05) is 18.3 Å². The summed E-state index contributed by atoms with van der Waals surface area (Å²) in [5, 5.41) is 5.69. The van der Waals surface area contributed by atoms with E-state index in [9.17, 15) is 9.59 Å². The van der Waals surface area contributed by atoms with E-state index in [1.54, 1.807) is 42.5 Å². The van der Waals surface area contributed by atoms with Crippen LogP contribution in [0.25, 0.3) is 0 Å². The van der Waals surface area contributed by atoms with Crippen LogP contribution in [-0.2, 0) is 4.79 Å². The van der Waals surface area contributed by atoms with Crippen LogP contribution in [0.2, 0.25) is 5.02 Å². The molecule has 0 aliphatic carbocycles. The molecule has 2 N–H and O–H groups in total. The minimum atomic E-state index is -0.340. The average molecular weight is 319 g/mol. The number of hydrogen-bond donors (Lipinski definition) is 2. The average Bonchev–Trinajstić information content (AvgIpc) is 2.46. The summed E-state index contributed by atoms with van der Waals surface area (Å²) in [5.74, 6) is 0.0588. The molecule has 2 aromatic carbocycles. The summed E-state index contributed by atoms with van der Waals surface area (Å²) < 4.78 is 5.04. The van der Waals surface area contributed by atoms with Crippen LogP contribution in [0.3, 0.4) is 0 Å². The molecule has 22 heavy (non-hydrogen) atoms. The van der Waals surface area contributed by atoms with Gasteiger partial charge in [0.25, 0.3) is 5.91 Å². The summed E-state index contributed by atoms with van der Waals surface area (Å²) in [5.41, 5.74) is 1.50. The number of carbonyl (C=O) groups is 2. The summed E-state index contributed by atoms with van der Waals surface area (Å²) in [6, 6.07) is 11.7. The van der Waals surface area contributed by atoms with E-state index in [1.165, 1.54) is 14.0 Å². The molecule has 0 saturated carbocycles. The second-order valence-corrected chi connectivity index (χ2v) is 4.97. The Morgan fingerprint density at radius 3 is 2.32 bits per heavy atom. The summed E-state index contributed by atoms with van der Waals surface area (Å²) >= 11 is 6.07. The largest absolute Gasteiger partial charge is 0.497 e. The molecule has 0 saturated heterocycles. The van der Waals surface area contributed by atoms with Crippen LogP contribution in [0.5, 0.6) is 5.75 Å². The Morgan fingerprint density at radius 1 is 1.05 bits per heavy atom. The fourth-order valence-corrected chi connectivity index (χ4v) is 2.14. The van der Waals surface area contributed by atoms with Crippen LogP contribution >= 0.6 is 11.6 Å². The number of carbonyl (C=O) groups excluding carboxylic acids is 2. The number of hydrogen-bond acceptors (Lipinski definition) is 3. The summed E-state index contributed by atoms with van der Waals surface area (Å²) in [4.78, 5) is 23.3. The zero-order valence-electron chi connectivity index (χ0n) is 12.1. The maximum absolute atomic E-state index is 12.2. The highest BCUT2D eigenvalue weighted by Gasteiger charge is 2.11. The van der Waals surface area contributed by atoms with Crippen molar-refractivity contribution >= 4 is 34.8 Å². The molecule has 0 aliphatic rings. The first-order valence-electron chi connectivity index (χ1n) is 6.52. The second-order valence-electron chi connectivity index (χ2n) is 4.56. The third-order valence-corrected chi connectivity index (χ3v) is 3.17. The molecule has 0 radical (unpaired) electrons. The minimum Gasteiger partial charge on any atom is -0.497 e. The lowest BCUT2D eigenvalue weighted by molar-refractivity contribution is -0.114. The fourth-order valence-electron chi connectivity index (χ4n) is 1.88. The zero-order valence-corrected chi connectivity index (χ0v) is 12.9. The van der Waals surface area contributed by atoms with Crippen molar-refractivity contribution in [3.63, 3.8) is 0 Å². The fraction of sp³-hybridized carbons (Fsp3) is 0.125. The molecular weight excluding hydrogens is 304 g/mol. The van der Waals surface area contributed by atoms with Crippen LogP contribution in [0.1, 0.15) is 17.3 Å². The zero-order chi connectivity index (χ0) is 16.1. The number of halogens is 1. The van der Waals surface area contributed by atoms with Crippen molar-refractivity contribution in [1.29, 1.82) is 0 Å². The van der Waals surface area contributed by atoms with Gasteiger partial charge < -0.3 is 15.4 Å². The Bertz CT molecular complexity index is 716. The Hall–Kier alpha value is -2.53. The van der Waals surface area contributed by atoms with Crippen molar-refractivity contribution in [2.24, 2.45) is 0 Å². The molecule has 2 rings (SSSR count). The molecule has 0 heterocycles. The highest BCUT2D eigenvalue weighted by molar-refractivity contribution is 6.34. The Morgan fingerprint density at radius 2 is 1.73 bits per heavy atom. The lowest BCUT2D eigenvalue weighted by Crippen LogP contribution is -2.13. The van der Waals surface area contributed by atoms with Crippen molar-refractivity contribution in [2.75, 3.05) is 17.7 Å². The molecule has 114 valence electrons. The van der Waals surface area contributed by atoms with Crippen LogP contribution in [-0.4, -0.2) is 18.9 Å². The van der Waals surface area contributed by atoms with Crippen molar-refractivity contribution < 1.29 is 14.3 Å². The van der Waals surface area contributed by atoms with Crippen LogP contribution < -0.4 is 15.4 Å². The molecule has 0 spiro atoms. The van der Waals surface area contributed by atoms with Gasteiger partial charge in [-0.05, 0) is 36.4 Å². The third kappa shape index (κ3) is 3.99. The van der Waals surface area contributed by atoms with Crippen molar-refractivity contribution in [1.82, 2.24) is 0 Å². The number of anilines is 2. The standard InChI is InChI=1S/C16H15ClN2O3/c1-10(20)18-11-4-3-5-12(8-11)19-16(21)14-7-6-13(22-2)9-15(14)17/h3-9H,1-2H3,(H,18,20)(H,19,21). The molecule has 0 fully saturated rings. The Balaban J connectivity index is 2.16. The predicted octanol–water partition coefficient (Wildman–Crippen LogP) is 3.56. The van der Waals surface area contributed by atoms with E-state index >= 15 is 0 Å². The van der Waals surface area contributed by atoms with Gasteiger partial charge in [-0.25, -0.2) is 0 Å². The molecule has 0 atom stereocenters. The molecule has 0 aliphatic heterocycles. The third-order valence-electron chi connectivity index (χ3n) is 2.86. The van der Waals surface area contributed by atoms with Crippen LogP contribution in [0.4, 0.5) is 11.4 Å². The first kappa shape index (κ1) is 15.9. The van der Waals surface area contributed by atoms with E-state index in [1.807, 2.05) is 0 Å². The van der Waals surface area contributed by atoms with E-state index in [2.05, 4.69) is 10.6 Å². The minimum absolute atomic E-state index is 0.179. The molecule has 0 bridgehead atoms. The van der Waals surface area contributed by atoms with Crippen molar-refractivity contribution in [3.05, 3.63) is 53.1 Å². The topological polar surface area (TPSA) is 67.4 Å². The SMILES string of the molecule is COc1ccc(C(=O)Nc2cccc(NC(C)=O)c2)c(Cl)c1. The van der Waals surface area contributed by atoms with Crippen LogP contribution in [0, 0.1) is 0 Å². The highest BCUT2D eigenvalue weighted by Crippen LogP contribution is 2.24. The van der Waals surface area contributed by atoms with Gasteiger partial charge in [-0.3, -0.25) is 9.59 Å². The lowest BCUT2D eigenvalue weighted by atomic mass is 10.2. The van der Waals surface area contributed by atoms with Gasteiger partial charge in [0.1, 0.15) is 5.75 Å².